The summed E-state index contributed by atoms with van der Waals surface area (Å²) in [5.74, 6) is 0. The molecule has 1 aromatic heterocycles. The third-order valence-corrected chi connectivity index (χ3v) is 12.7. The number of nitrogens with zero attached hydrogens (tertiary/aromatic N) is 2. The molecule has 0 fully saturated rings. The number of benzene rings is 10. The highest BCUT2D eigenvalue weighted by atomic mass is 15.1. The van der Waals surface area contributed by atoms with E-state index in [0.29, 0.717) is 50.1 Å². The van der Waals surface area contributed by atoms with E-state index in [4.69, 9.17) is 2.74 Å². The monoisotopic (exact) mass is 783 g/mol. The Kier molecular flexibility index (Phi) is 5.60. The van der Waals surface area contributed by atoms with Crippen LogP contribution in [0.5, 0.6) is 0 Å². The Balaban J connectivity index is 1.20. The number of hydrogen-bond acceptors (Lipinski definition) is 1. The zero-order valence-corrected chi connectivity index (χ0v) is 32.6. The Morgan fingerprint density at radius 2 is 1.02 bits per heavy atom. The average molecular weight is 784 g/mol. The molecule has 284 valence electrons. The highest BCUT2D eigenvalue weighted by Crippen LogP contribution is 2.62. The quantitative estimate of drug-likeness (QED) is 0.169. The minimum absolute atomic E-state index is 0.175. The number of rotatable bonds is 5. The molecule has 61 heavy (non-hydrogen) atoms. The van der Waals surface area contributed by atoms with Crippen molar-refractivity contribution in [3.8, 4) is 39.1 Å². The summed E-state index contributed by atoms with van der Waals surface area (Å²) in [5, 5.41) is 2.56. The van der Waals surface area contributed by atoms with Gasteiger partial charge in [-0.2, -0.15) is 0 Å². The van der Waals surface area contributed by atoms with Gasteiger partial charge in [-0.05, 0) is 110 Å². The summed E-state index contributed by atoms with van der Waals surface area (Å²) in [5.41, 5.74) is 8.08. The molecule has 1 unspecified atom stereocenters. The molecule has 11 aromatic rings. The Hall–Kier alpha value is -7.94. The van der Waals surface area contributed by atoms with E-state index in [-0.39, 0.29) is 70.5 Å². The normalized spacial score (nSPS) is 16.7. The predicted molar refractivity (Wildman–Crippen MR) is 255 cm³/mol. The first kappa shape index (κ1) is 26.2. The van der Waals surface area contributed by atoms with Crippen LogP contribution in [0.25, 0.3) is 71.6 Å². The van der Waals surface area contributed by atoms with Gasteiger partial charge < -0.3 is 9.47 Å². The van der Waals surface area contributed by atoms with Crippen molar-refractivity contribution in [2.24, 2.45) is 0 Å². The van der Waals surface area contributed by atoms with Gasteiger partial charge in [-0.3, -0.25) is 0 Å². The van der Waals surface area contributed by atoms with E-state index in [0.717, 1.165) is 38.6 Å². The van der Waals surface area contributed by atoms with Crippen LogP contribution in [0.2, 0.25) is 0 Å². The van der Waals surface area contributed by atoms with E-state index in [1.165, 1.54) is 0 Å². The molecule has 2 aliphatic rings. The topological polar surface area (TPSA) is 8.17 Å². The minimum atomic E-state index is -1.59. The summed E-state index contributed by atoms with van der Waals surface area (Å²) in [4.78, 5) is 1.90. The summed E-state index contributed by atoms with van der Waals surface area (Å²) < 4.78 is 89.4. The van der Waals surface area contributed by atoms with Crippen LogP contribution in [0.3, 0.4) is 0 Å². The molecule has 13 rings (SSSR count). The number of para-hydroxylation sites is 2. The summed E-state index contributed by atoms with van der Waals surface area (Å²) in [6.45, 7) is 0. The van der Waals surface area contributed by atoms with Crippen LogP contribution in [0.1, 0.15) is 34.6 Å². The van der Waals surface area contributed by atoms with Crippen molar-refractivity contribution in [1.82, 2.24) is 4.57 Å². The highest BCUT2D eigenvalue weighted by molar-refractivity contribution is 6.14. The van der Waals surface area contributed by atoms with Crippen molar-refractivity contribution in [1.29, 1.82) is 0 Å². The van der Waals surface area contributed by atoms with Gasteiger partial charge in [-0.25, -0.2) is 0 Å². The molecule has 0 saturated heterocycles. The van der Waals surface area contributed by atoms with E-state index in [9.17, 15) is 9.60 Å². The summed E-state index contributed by atoms with van der Waals surface area (Å²) in [7, 11) is 0. The molecule has 2 aliphatic carbocycles. The van der Waals surface area contributed by atoms with Crippen LogP contribution in [-0.4, -0.2) is 4.57 Å². The molecule has 1 spiro atoms. The van der Waals surface area contributed by atoms with Gasteiger partial charge in [0.25, 0.3) is 0 Å². The van der Waals surface area contributed by atoms with Gasteiger partial charge in [-0.1, -0.05) is 182 Å². The molecule has 1 heterocycles. The number of anilines is 3. The first-order valence-corrected chi connectivity index (χ1v) is 20.5. The first-order chi connectivity index (χ1) is 34.0. The third-order valence-electron chi connectivity index (χ3n) is 12.7. The molecule has 0 bridgehead atoms. The molecular formula is C59H38N2. The van der Waals surface area contributed by atoms with Gasteiger partial charge in [0.05, 0.1) is 34.5 Å². The summed E-state index contributed by atoms with van der Waals surface area (Å²) in [6, 6.07) is 54.6. The number of fused-ring (bicyclic) bond motifs is 12. The van der Waals surface area contributed by atoms with Gasteiger partial charge in [0.15, 0.2) is 0 Å². The lowest BCUT2D eigenvalue weighted by atomic mass is 9.61. The SMILES string of the molecule is [2H]c1c([2H])c([2H])c2c(c1[2H])-c1ccccc1C21c2ccccc2-c2c([2H])c([2H])c([2H])c3c(N(c4ccc(-c5ccccc5)cc4)c4ccc5c6ccccc6n(-c6ccccc6)c5c4)c([2H])c([2H])c1c23. The van der Waals surface area contributed by atoms with E-state index in [1.54, 1.807) is 0 Å². The summed E-state index contributed by atoms with van der Waals surface area (Å²) in [6.07, 6.45) is 0. The lowest BCUT2D eigenvalue weighted by molar-refractivity contribution is 0.773. The van der Waals surface area contributed by atoms with E-state index >= 15 is 0 Å². The molecule has 0 aliphatic heterocycles. The maximum atomic E-state index is 10.5. The van der Waals surface area contributed by atoms with Crippen LogP contribution >= 0.6 is 0 Å². The van der Waals surface area contributed by atoms with Gasteiger partial charge in [-0.15, -0.1) is 0 Å². The largest absolute Gasteiger partial charge is 0.310 e. The Labute approximate surface area is 367 Å². The van der Waals surface area contributed by atoms with Crippen LogP contribution in [-0.2, 0) is 5.41 Å². The molecule has 0 radical (unpaired) electrons. The molecule has 1 atom stereocenters. The fourth-order valence-electron chi connectivity index (χ4n) is 10.2. The van der Waals surface area contributed by atoms with Crippen molar-refractivity contribution < 1.29 is 12.3 Å². The van der Waals surface area contributed by atoms with Crippen molar-refractivity contribution in [2.75, 3.05) is 4.90 Å². The smallest absolute Gasteiger partial charge is 0.0725 e. The Bertz CT molecular complexity index is 4060. The van der Waals surface area contributed by atoms with E-state index in [2.05, 4.69) is 41.0 Å². The summed E-state index contributed by atoms with van der Waals surface area (Å²) >= 11 is 0. The van der Waals surface area contributed by atoms with E-state index in [1.807, 2.05) is 144 Å². The molecule has 0 N–H and O–H groups in total. The van der Waals surface area contributed by atoms with Crippen molar-refractivity contribution in [2.45, 2.75) is 5.41 Å². The maximum absolute atomic E-state index is 10.5. The predicted octanol–water partition coefficient (Wildman–Crippen LogP) is 15.4. The number of hydrogen-bond donors (Lipinski definition) is 0. The van der Waals surface area contributed by atoms with Gasteiger partial charge in [0.1, 0.15) is 0 Å². The van der Waals surface area contributed by atoms with Crippen LogP contribution in [0.4, 0.5) is 17.1 Å². The highest BCUT2D eigenvalue weighted by Gasteiger charge is 2.50. The van der Waals surface area contributed by atoms with Gasteiger partial charge in [0, 0.05) is 33.2 Å². The van der Waals surface area contributed by atoms with Crippen LogP contribution < -0.4 is 4.90 Å². The lowest BCUT2D eigenvalue weighted by Gasteiger charge is -2.40. The average Bonchev–Trinajstić information content (AvgIpc) is 3.89. The maximum Gasteiger partial charge on any atom is 0.0725 e. The Morgan fingerprint density at radius 3 is 1.82 bits per heavy atom. The van der Waals surface area contributed by atoms with Crippen LogP contribution in [0, 0.1) is 0 Å². The zero-order valence-electron chi connectivity index (χ0n) is 41.6. The second kappa shape index (κ2) is 13.0. The third kappa shape index (κ3) is 4.73. The fourth-order valence-corrected chi connectivity index (χ4v) is 10.2. The second-order valence-corrected chi connectivity index (χ2v) is 15.7. The van der Waals surface area contributed by atoms with Crippen molar-refractivity contribution >= 4 is 49.6 Å². The molecule has 0 saturated carbocycles. The zero-order chi connectivity index (χ0) is 47.9. The van der Waals surface area contributed by atoms with Gasteiger partial charge in [0.2, 0.25) is 0 Å². The number of aromatic nitrogens is 1. The van der Waals surface area contributed by atoms with Gasteiger partial charge >= 0.3 is 0 Å². The lowest BCUT2D eigenvalue weighted by Crippen LogP contribution is -2.32. The van der Waals surface area contributed by atoms with Crippen LogP contribution in [0.15, 0.2) is 230 Å². The minimum Gasteiger partial charge on any atom is -0.310 e. The molecule has 2 nitrogen and oxygen atoms in total. The standard InChI is InChI=1S/C59H38N2/c1-3-16-39(17-4-1)40-30-32-42(33-31-40)60(43-34-35-48-47-23-10-14-29-55(47)61(57(48)38-43)41-18-5-2-6-19-41)56-37-36-54-58-49(24-15-25-50(56)58)46-22-9-13-28-53(46)59(54)51-26-11-7-20-44(51)45-21-8-12-27-52(45)59/h1-38H/i7D,11D,15D,20D,24D,25D,26D,36D,37D. The second-order valence-electron chi connectivity index (χ2n) is 15.7. The molecule has 0 amide bonds. The van der Waals surface area contributed by atoms with Crippen molar-refractivity contribution in [3.05, 3.63) is 253 Å². The fraction of sp³-hybridized carbons (Fsp3) is 0.0169. The Morgan fingerprint density at radius 1 is 0.393 bits per heavy atom. The molecule has 2 heteroatoms. The molecular weight excluding hydrogens is 737 g/mol. The van der Waals surface area contributed by atoms with E-state index < -0.39 is 11.5 Å². The first-order valence-electron chi connectivity index (χ1n) is 25.0. The van der Waals surface area contributed by atoms with Crippen molar-refractivity contribution in [3.63, 3.8) is 0 Å². The molecule has 10 aromatic carbocycles.